The Morgan fingerprint density at radius 2 is 1.92 bits per heavy atom. The number of piperazine rings is 1. The van der Waals surface area contributed by atoms with Crippen molar-refractivity contribution in [1.82, 2.24) is 14.9 Å². The fourth-order valence-electron chi connectivity index (χ4n) is 3.24. The molecule has 4 rings (SSSR count). The predicted molar refractivity (Wildman–Crippen MR) is 93.4 cm³/mol. The summed E-state index contributed by atoms with van der Waals surface area (Å²) in [7, 11) is 2.12. The molecule has 0 radical (unpaired) electrons. The van der Waals surface area contributed by atoms with Crippen LogP contribution in [0.3, 0.4) is 0 Å². The molecule has 0 spiro atoms. The van der Waals surface area contributed by atoms with Gasteiger partial charge < -0.3 is 14.7 Å². The standard InChI is InChI=1S/C18H21N5O/c1-13-4-3-5-14(10-13)23-12-16-15(17(23)24)11-19-18(20-16)22-8-6-21(2)7-9-22/h3-5,10-11H,6-9,12H2,1-2H3. The monoisotopic (exact) mass is 323 g/mol. The summed E-state index contributed by atoms with van der Waals surface area (Å²) in [6.07, 6.45) is 1.69. The number of hydrogen-bond donors (Lipinski definition) is 0. The fourth-order valence-corrected chi connectivity index (χ4v) is 3.24. The Kier molecular flexibility index (Phi) is 3.69. The van der Waals surface area contributed by atoms with Gasteiger partial charge in [0.1, 0.15) is 0 Å². The van der Waals surface area contributed by atoms with E-state index in [4.69, 9.17) is 0 Å². The molecule has 1 fully saturated rings. The maximum Gasteiger partial charge on any atom is 0.262 e. The number of likely N-dealkylation sites (N-methyl/N-ethyl adjacent to an activating group) is 1. The van der Waals surface area contributed by atoms with Crippen molar-refractivity contribution in [1.29, 1.82) is 0 Å². The van der Waals surface area contributed by atoms with E-state index in [0.29, 0.717) is 12.1 Å². The summed E-state index contributed by atoms with van der Waals surface area (Å²) in [6, 6.07) is 7.99. The van der Waals surface area contributed by atoms with Crippen molar-refractivity contribution < 1.29 is 4.79 Å². The average Bonchev–Trinajstić information content (AvgIpc) is 2.92. The molecule has 6 nitrogen and oxygen atoms in total. The molecule has 0 unspecified atom stereocenters. The third kappa shape index (κ3) is 2.63. The Morgan fingerprint density at radius 1 is 1.12 bits per heavy atom. The van der Waals surface area contributed by atoms with Crippen LogP contribution in [0.5, 0.6) is 0 Å². The van der Waals surface area contributed by atoms with Crippen LogP contribution in [0.15, 0.2) is 30.5 Å². The highest BCUT2D eigenvalue weighted by atomic mass is 16.2. The topological polar surface area (TPSA) is 52.6 Å². The fraction of sp³-hybridized carbons (Fsp3) is 0.389. The first-order valence-electron chi connectivity index (χ1n) is 8.30. The van der Waals surface area contributed by atoms with Crippen molar-refractivity contribution in [3.8, 4) is 0 Å². The number of anilines is 2. The van der Waals surface area contributed by atoms with Crippen LogP contribution < -0.4 is 9.80 Å². The van der Waals surface area contributed by atoms with E-state index in [9.17, 15) is 4.79 Å². The molecular weight excluding hydrogens is 302 g/mol. The van der Waals surface area contributed by atoms with Crippen LogP contribution in [0.4, 0.5) is 11.6 Å². The number of rotatable bonds is 2. The zero-order valence-corrected chi connectivity index (χ0v) is 14.1. The van der Waals surface area contributed by atoms with Crippen molar-refractivity contribution in [3.63, 3.8) is 0 Å². The highest BCUT2D eigenvalue weighted by Crippen LogP contribution is 2.28. The van der Waals surface area contributed by atoms with Gasteiger partial charge in [-0.2, -0.15) is 0 Å². The van der Waals surface area contributed by atoms with Crippen molar-refractivity contribution in [3.05, 3.63) is 47.3 Å². The van der Waals surface area contributed by atoms with Crippen molar-refractivity contribution in [2.45, 2.75) is 13.5 Å². The second kappa shape index (κ2) is 5.87. The van der Waals surface area contributed by atoms with E-state index in [-0.39, 0.29) is 5.91 Å². The third-order valence-electron chi connectivity index (χ3n) is 4.74. The number of aromatic nitrogens is 2. The van der Waals surface area contributed by atoms with Gasteiger partial charge in [-0.1, -0.05) is 12.1 Å². The molecule has 0 atom stereocenters. The van der Waals surface area contributed by atoms with Crippen LogP contribution in [0, 0.1) is 6.92 Å². The molecule has 2 aliphatic heterocycles. The summed E-state index contributed by atoms with van der Waals surface area (Å²) >= 11 is 0. The molecule has 6 heteroatoms. The van der Waals surface area contributed by atoms with Gasteiger partial charge in [0.15, 0.2) is 0 Å². The van der Waals surface area contributed by atoms with Crippen LogP contribution >= 0.6 is 0 Å². The number of aryl methyl sites for hydroxylation is 1. The van der Waals surface area contributed by atoms with Gasteiger partial charge in [-0.15, -0.1) is 0 Å². The zero-order valence-electron chi connectivity index (χ0n) is 14.1. The molecule has 124 valence electrons. The largest absolute Gasteiger partial charge is 0.338 e. The summed E-state index contributed by atoms with van der Waals surface area (Å²) < 4.78 is 0. The summed E-state index contributed by atoms with van der Waals surface area (Å²) in [6.45, 7) is 6.41. The molecule has 1 amide bonds. The van der Waals surface area contributed by atoms with E-state index in [2.05, 4.69) is 26.8 Å². The van der Waals surface area contributed by atoms with Crippen molar-refractivity contribution in [2.24, 2.45) is 0 Å². The first-order chi connectivity index (χ1) is 11.6. The van der Waals surface area contributed by atoms with Crippen molar-refractivity contribution in [2.75, 3.05) is 43.0 Å². The molecule has 24 heavy (non-hydrogen) atoms. The molecule has 0 aliphatic carbocycles. The van der Waals surface area contributed by atoms with Crippen LogP contribution in [-0.2, 0) is 6.54 Å². The number of carbonyl (C=O) groups is 1. The molecule has 1 saturated heterocycles. The SMILES string of the molecule is Cc1cccc(N2Cc3nc(N4CCN(C)CC4)ncc3C2=O)c1. The molecule has 0 N–H and O–H groups in total. The van der Waals surface area contributed by atoms with Gasteiger partial charge in [-0.05, 0) is 31.7 Å². The van der Waals surface area contributed by atoms with E-state index < -0.39 is 0 Å². The van der Waals surface area contributed by atoms with Crippen LogP contribution in [-0.4, -0.2) is 54.0 Å². The average molecular weight is 323 g/mol. The van der Waals surface area contributed by atoms with Gasteiger partial charge in [-0.3, -0.25) is 4.79 Å². The Hall–Kier alpha value is -2.47. The van der Waals surface area contributed by atoms with Crippen LogP contribution in [0.25, 0.3) is 0 Å². The van der Waals surface area contributed by atoms with Gasteiger partial charge in [-0.25, -0.2) is 9.97 Å². The highest BCUT2D eigenvalue weighted by molar-refractivity contribution is 6.09. The minimum atomic E-state index is -0.0134. The Bertz CT molecular complexity index is 783. The quantitative estimate of drug-likeness (QED) is 0.842. The molecule has 0 bridgehead atoms. The summed E-state index contributed by atoms with van der Waals surface area (Å²) in [4.78, 5) is 28.1. The molecule has 2 aromatic rings. The predicted octanol–water partition coefficient (Wildman–Crippen LogP) is 1.70. The van der Waals surface area contributed by atoms with Gasteiger partial charge >= 0.3 is 0 Å². The zero-order chi connectivity index (χ0) is 16.7. The van der Waals surface area contributed by atoms with Gasteiger partial charge in [0, 0.05) is 38.1 Å². The van der Waals surface area contributed by atoms with Crippen molar-refractivity contribution >= 4 is 17.5 Å². The maximum atomic E-state index is 12.7. The number of nitrogens with zero attached hydrogens (tertiary/aromatic N) is 5. The lowest BCUT2D eigenvalue weighted by Crippen LogP contribution is -2.45. The third-order valence-corrected chi connectivity index (χ3v) is 4.74. The van der Waals surface area contributed by atoms with E-state index in [1.807, 2.05) is 31.2 Å². The Labute approximate surface area is 141 Å². The van der Waals surface area contributed by atoms with Crippen LogP contribution in [0.1, 0.15) is 21.6 Å². The molecule has 1 aromatic heterocycles. The Balaban J connectivity index is 1.59. The van der Waals surface area contributed by atoms with E-state index in [1.54, 1.807) is 11.1 Å². The lowest BCUT2D eigenvalue weighted by atomic mass is 10.2. The molecule has 0 saturated carbocycles. The summed E-state index contributed by atoms with van der Waals surface area (Å²) in [5.41, 5.74) is 3.50. The van der Waals surface area contributed by atoms with E-state index in [1.165, 1.54) is 0 Å². The lowest BCUT2D eigenvalue weighted by molar-refractivity contribution is 0.0996. The number of benzene rings is 1. The summed E-state index contributed by atoms with van der Waals surface area (Å²) in [5, 5.41) is 0. The first-order valence-corrected chi connectivity index (χ1v) is 8.30. The smallest absolute Gasteiger partial charge is 0.262 e. The molecule has 3 heterocycles. The van der Waals surface area contributed by atoms with Gasteiger partial charge in [0.2, 0.25) is 5.95 Å². The maximum absolute atomic E-state index is 12.7. The lowest BCUT2D eigenvalue weighted by Gasteiger charge is -2.32. The molecule has 2 aliphatic rings. The van der Waals surface area contributed by atoms with E-state index in [0.717, 1.165) is 49.1 Å². The van der Waals surface area contributed by atoms with Gasteiger partial charge in [0.05, 0.1) is 17.8 Å². The second-order valence-corrected chi connectivity index (χ2v) is 6.55. The summed E-state index contributed by atoms with van der Waals surface area (Å²) in [5.74, 6) is 0.723. The minimum absolute atomic E-state index is 0.0134. The second-order valence-electron chi connectivity index (χ2n) is 6.55. The van der Waals surface area contributed by atoms with E-state index >= 15 is 0 Å². The minimum Gasteiger partial charge on any atom is -0.338 e. The number of amides is 1. The first kappa shape index (κ1) is 15.1. The number of hydrogen-bond acceptors (Lipinski definition) is 5. The Morgan fingerprint density at radius 3 is 2.67 bits per heavy atom. The van der Waals surface area contributed by atoms with Gasteiger partial charge in [0.25, 0.3) is 5.91 Å². The highest BCUT2D eigenvalue weighted by Gasteiger charge is 2.31. The molecule has 1 aromatic carbocycles. The normalized spacial score (nSPS) is 18.2. The molecular formula is C18H21N5O. The number of carbonyl (C=O) groups excluding carboxylic acids is 1. The van der Waals surface area contributed by atoms with Crippen LogP contribution in [0.2, 0.25) is 0 Å². The number of fused-ring (bicyclic) bond motifs is 1.